The number of carbonyl (C=O) groups excluding carboxylic acids is 2. The monoisotopic (exact) mass is 368 g/mol. The Morgan fingerprint density at radius 3 is 2.00 bits per heavy atom. The minimum atomic E-state index is -0.760. The normalized spacial score (nSPS) is 15.9. The van der Waals surface area contributed by atoms with Gasteiger partial charge in [-0.2, -0.15) is 0 Å². The van der Waals surface area contributed by atoms with Crippen LogP contribution in [0.25, 0.3) is 5.69 Å². The molecule has 27 heavy (non-hydrogen) atoms. The number of esters is 1. The van der Waals surface area contributed by atoms with Gasteiger partial charge >= 0.3 is 5.97 Å². The third-order valence-electron chi connectivity index (χ3n) is 5.18. The van der Waals surface area contributed by atoms with Crippen LogP contribution in [0.15, 0.2) is 36.4 Å². The fourth-order valence-electron chi connectivity index (χ4n) is 3.65. The number of aryl methyl sites for hydroxylation is 2. The molecule has 0 aliphatic carbocycles. The molecule has 2 aromatic rings. The van der Waals surface area contributed by atoms with Crippen molar-refractivity contribution in [2.45, 2.75) is 52.6 Å². The van der Waals surface area contributed by atoms with Crippen molar-refractivity contribution in [2.75, 3.05) is 13.1 Å². The summed E-state index contributed by atoms with van der Waals surface area (Å²) in [5.74, 6) is -0.557. The number of amides is 1. The van der Waals surface area contributed by atoms with Gasteiger partial charge in [-0.25, -0.2) is 4.79 Å². The van der Waals surface area contributed by atoms with Gasteiger partial charge < -0.3 is 14.2 Å². The predicted octanol–water partition coefficient (Wildman–Crippen LogP) is 4.04. The maximum Gasteiger partial charge on any atom is 0.338 e. The van der Waals surface area contributed by atoms with Crippen LogP contribution in [0.1, 0.15) is 54.4 Å². The summed E-state index contributed by atoms with van der Waals surface area (Å²) in [6.45, 7) is 7.26. The van der Waals surface area contributed by atoms with Crippen LogP contribution < -0.4 is 0 Å². The van der Waals surface area contributed by atoms with Crippen LogP contribution in [0.5, 0.6) is 0 Å². The first-order valence-electron chi connectivity index (χ1n) is 9.72. The second-order valence-electron chi connectivity index (χ2n) is 7.29. The van der Waals surface area contributed by atoms with Gasteiger partial charge in [0.25, 0.3) is 5.91 Å². The topological polar surface area (TPSA) is 51.5 Å². The number of aromatic nitrogens is 1. The number of carbonyl (C=O) groups is 2. The molecule has 5 heteroatoms. The van der Waals surface area contributed by atoms with Crippen LogP contribution in [-0.2, 0) is 9.53 Å². The third-order valence-corrected chi connectivity index (χ3v) is 5.18. The van der Waals surface area contributed by atoms with E-state index in [1.165, 1.54) is 0 Å². The fraction of sp³-hybridized carbons (Fsp3) is 0.455. The highest BCUT2D eigenvalue weighted by molar-refractivity contribution is 5.92. The fourth-order valence-corrected chi connectivity index (χ4v) is 3.65. The Hall–Kier alpha value is -2.56. The number of hydrogen-bond donors (Lipinski definition) is 0. The summed E-state index contributed by atoms with van der Waals surface area (Å²) in [4.78, 5) is 26.8. The van der Waals surface area contributed by atoms with E-state index in [0.717, 1.165) is 55.8 Å². The Kier molecular flexibility index (Phi) is 5.99. The van der Waals surface area contributed by atoms with Crippen molar-refractivity contribution in [3.63, 3.8) is 0 Å². The van der Waals surface area contributed by atoms with Crippen LogP contribution in [0.2, 0.25) is 0 Å². The predicted molar refractivity (Wildman–Crippen MR) is 105 cm³/mol. The van der Waals surface area contributed by atoms with Crippen LogP contribution >= 0.6 is 0 Å². The minimum Gasteiger partial charge on any atom is -0.449 e. The lowest BCUT2D eigenvalue weighted by atomic mass is 10.2. The molecule has 0 spiro atoms. The first-order valence-corrected chi connectivity index (χ1v) is 9.72. The summed E-state index contributed by atoms with van der Waals surface area (Å²) in [7, 11) is 0. The van der Waals surface area contributed by atoms with Crippen molar-refractivity contribution in [1.29, 1.82) is 0 Å². The van der Waals surface area contributed by atoms with Crippen LogP contribution in [0.4, 0.5) is 0 Å². The zero-order chi connectivity index (χ0) is 19.4. The Labute approximate surface area is 160 Å². The summed E-state index contributed by atoms with van der Waals surface area (Å²) in [6, 6.07) is 11.4. The Morgan fingerprint density at radius 2 is 1.44 bits per heavy atom. The molecule has 1 aromatic carbocycles. The highest BCUT2D eigenvalue weighted by atomic mass is 16.5. The first-order chi connectivity index (χ1) is 13.0. The van der Waals surface area contributed by atoms with Gasteiger partial charge in [0, 0.05) is 30.2 Å². The van der Waals surface area contributed by atoms with E-state index in [1.54, 1.807) is 19.1 Å². The Morgan fingerprint density at radius 1 is 0.889 bits per heavy atom. The highest BCUT2D eigenvalue weighted by Crippen LogP contribution is 2.18. The molecule has 1 fully saturated rings. The summed E-state index contributed by atoms with van der Waals surface area (Å²) < 4.78 is 7.56. The molecule has 1 aliphatic rings. The van der Waals surface area contributed by atoms with E-state index in [4.69, 9.17) is 4.74 Å². The SMILES string of the molecule is Cc1ccc(C)n1-c1ccc(C(=O)OC(C)C(=O)N2CCCCCC2)cc1. The molecule has 1 aromatic heterocycles. The van der Waals surface area contributed by atoms with Crippen molar-refractivity contribution in [1.82, 2.24) is 9.47 Å². The lowest BCUT2D eigenvalue weighted by molar-refractivity contribution is -0.139. The number of hydrogen-bond acceptors (Lipinski definition) is 3. The van der Waals surface area contributed by atoms with Gasteiger partial charge in [-0.1, -0.05) is 12.8 Å². The second-order valence-corrected chi connectivity index (χ2v) is 7.29. The molecule has 0 bridgehead atoms. The highest BCUT2D eigenvalue weighted by Gasteiger charge is 2.25. The molecule has 2 heterocycles. The number of benzene rings is 1. The molecule has 1 saturated heterocycles. The molecule has 1 atom stereocenters. The first kappa shape index (κ1) is 19.2. The van der Waals surface area contributed by atoms with Gasteiger partial charge in [0.2, 0.25) is 0 Å². The van der Waals surface area contributed by atoms with Crippen LogP contribution in [-0.4, -0.2) is 40.5 Å². The molecular formula is C22H28N2O3. The third kappa shape index (κ3) is 4.41. The van der Waals surface area contributed by atoms with Gasteiger partial charge in [-0.3, -0.25) is 4.79 Å². The standard InChI is InChI=1S/C22H28N2O3/c1-16-8-9-17(2)24(16)20-12-10-19(11-13-20)22(26)27-18(3)21(25)23-14-6-4-5-7-15-23/h8-13,18H,4-7,14-15H2,1-3H3. The van der Waals surface area contributed by atoms with E-state index < -0.39 is 12.1 Å². The van der Waals surface area contributed by atoms with E-state index in [9.17, 15) is 9.59 Å². The average Bonchev–Trinajstić information content (AvgIpc) is 2.87. The van der Waals surface area contributed by atoms with Gasteiger partial charge in [-0.15, -0.1) is 0 Å². The Bertz CT molecular complexity index is 780. The maximum atomic E-state index is 12.5. The van der Waals surface area contributed by atoms with Gasteiger partial charge in [-0.05, 0) is 70.0 Å². The molecule has 1 amide bonds. The van der Waals surface area contributed by atoms with Crippen molar-refractivity contribution in [3.8, 4) is 5.69 Å². The van der Waals surface area contributed by atoms with E-state index in [2.05, 4.69) is 16.7 Å². The van der Waals surface area contributed by atoms with Crippen molar-refractivity contribution in [3.05, 3.63) is 53.3 Å². The van der Waals surface area contributed by atoms with E-state index in [1.807, 2.05) is 30.9 Å². The van der Waals surface area contributed by atoms with Crippen molar-refractivity contribution in [2.24, 2.45) is 0 Å². The number of likely N-dealkylation sites (tertiary alicyclic amines) is 1. The van der Waals surface area contributed by atoms with E-state index in [0.29, 0.717) is 5.56 Å². The van der Waals surface area contributed by atoms with E-state index >= 15 is 0 Å². The van der Waals surface area contributed by atoms with Gasteiger partial charge in [0.05, 0.1) is 5.56 Å². The van der Waals surface area contributed by atoms with E-state index in [-0.39, 0.29) is 5.91 Å². The van der Waals surface area contributed by atoms with Crippen LogP contribution in [0, 0.1) is 13.8 Å². The smallest absolute Gasteiger partial charge is 0.338 e. The maximum absolute atomic E-state index is 12.5. The molecule has 3 rings (SSSR count). The molecule has 0 N–H and O–H groups in total. The number of nitrogens with zero attached hydrogens (tertiary/aromatic N) is 2. The zero-order valence-corrected chi connectivity index (χ0v) is 16.4. The molecule has 0 radical (unpaired) electrons. The lowest BCUT2D eigenvalue weighted by Gasteiger charge is -2.24. The molecule has 144 valence electrons. The largest absolute Gasteiger partial charge is 0.449 e. The second kappa shape index (κ2) is 8.42. The number of ether oxygens (including phenoxy) is 1. The quantitative estimate of drug-likeness (QED) is 0.765. The molecular weight excluding hydrogens is 340 g/mol. The number of rotatable bonds is 4. The summed E-state index contributed by atoms with van der Waals surface area (Å²) in [5, 5.41) is 0. The zero-order valence-electron chi connectivity index (χ0n) is 16.4. The lowest BCUT2D eigenvalue weighted by Crippen LogP contribution is -2.40. The average molecular weight is 368 g/mol. The van der Waals surface area contributed by atoms with Gasteiger partial charge in [0.1, 0.15) is 0 Å². The summed E-state index contributed by atoms with van der Waals surface area (Å²) >= 11 is 0. The molecule has 1 aliphatic heterocycles. The van der Waals surface area contributed by atoms with Crippen molar-refractivity contribution < 1.29 is 14.3 Å². The van der Waals surface area contributed by atoms with Crippen molar-refractivity contribution >= 4 is 11.9 Å². The summed E-state index contributed by atoms with van der Waals surface area (Å²) in [6.07, 6.45) is 3.59. The molecule has 5 nitrogen and oxygen atoms in total. The Balaban J connectivity index is 1.64. The molecule has 0 saturated carbocycles. The summed E-state index contributed by atoms with van der Waals surface area (Å²) in [5.41, 5.74) is 3.73. The minimum absolute atomic E-state index is 0.0968. The van der Waals surface area contributed by atoms with Gasteiger partial charge in [0.15, 0.2) is 6.10 Å². The van der Waals surface area contributed by atoms with Crippen LogP contribution in [0.3, 0.4) is 0 Å². The molecule has 1 unspecified atom stereocenters.